The molecule has 162 valence electrons. The van der Waals surface area contributed by atoms with Crippen LogP contribution in [-0.2, 0) is 6.61 Å². The van der Waals surface area contributed by atoms with Gasteiger partial charge in [-0.15, -0.1) is 0 Å². The number of aliphatic hydroxyl groups excluding tert-OH is 1. The summed E-state index contributed by atoms with van der Waals surface area (Å²) in [5, 5.41) is 10.1. The second-order valence-corrected chi connectivity index (χ2v) is 7.94. The Bertz CT molecular complexity index is 1090. The monoisotopic (exact) mass is 420 g/mol. The van der Waals surface area contributed by atoms with Gasteiger partial charge in [0, 0.05) is 16.7 Å². The van der Waals surface area contributed by atoms with Crippen molar-refractivity contribution in [2.24, 2.45) is 0 Å². The number of rotatable bonds is 4. The largest absolute Gasteiger partial charge is 0.497 e. The summed E-state index contributed by atoms with van der Waals surface area (Å²) in [6, 6.07) is 15.9. The zero-order chi connectivity index (χ0) is 22.1. The van der Waals surface area contributed by atoms with Gasteiger partial charge >= 0.3 is 0 Å². The number of aliphatic hydroxyl groups is 1. The number of methoxy groups -OCH3 is 2. The highest BCUT2D eigenvalue weighted by Gasteiger charge is 2.31. The van der Waals surface area contributed by atoms with Gasteiger partial charge in [-0.25, -0.2) is 0 Å². The van der Waals surface area contributed by atoms with Gasteiger partial charge in [0.1, 0.15) is 17.6 Å². The fourth-order valence-corrected chi connectivity index (χ4v) is 4.12. The first-order valence-electron chi connectivity index (χ1n) is 10.4. The van der Waals surface area contributed by atoms with E-state index in [1.165, 1.54) is 0 Å². The summed E-state index contributed by atoms with van der Waals surface area (Å²) in [7, 11) is 3.29. The van der Waals surface area contributed by atoms with Crippen molar-refractivity contribution in [3.05, 3.63) is 70.8 Å². The van der Waals surface area contributed by atoms with Gasteiger partial charge in [-0.3, -0.25) is 0 Å². The van der Waals surface area contributed by atoms with Crippen LogP contribution in [0.3, 0.4) is 0 Å². The van der Waals surface area contributed by atoms with Crippen LogP contribution < -0.4 is 18.9 Å². The molecule has 2 unspecified atom stereocenters. The lowest BCUT2D eigenvalue weighted by atomic mass is 9.94. The Kier molecular flexibility index (Phi) is 5.79. The fraction of sp³-hybridized carbons (Fsp3) is 0.308. The molecule has 4 rings (SSSR count). The number of benzene rings is 3. The minimum atomic E-state index is -0.387. The molecule has 31 heavy (non-hydrogen) atoms. The van der Waals surface area contributed by atoms with E-state index in [1.807, 2.05) is 57.2 Å². The lowest BCUT2D eigenvalue weighted by molar-refractivity contribution is 0.0596. The molecule has 0 bridgehead atoms. The third-order valence-electron chi connectivity index (χ3n) is 5.61. The molecule has 0 radical (unpaired) electrons. The molecule has 5 nitrogen and oxygen atoms in total. The van der Waals surface area contributed by atoms with Gasteiger partial charge < -0.3 is 24.1 Å². The van der Waals surface area contributed by atoms with Gasteiger partial charge in [0.05, 0.1) is 20.8 Å². The predicted molar refractivity (Wildman–Crippen MR) is 120 cm³/mol. The first kappa shape index (κ1) is 21.1. The molecule has 3 aromatic carbocycles. The average Bonchev–Trinajstić information content (AvgIpc) is 2.77. The summed E-state index contributed by atoms with van der Waals surface area (Å²) >= 11 is 0. The molecular weight excluding hydrogens is 392 g/mol. The van der Waals surface area contributed by atoms with Gasteiger partial charge in [0.2, 0.25) is 0 Å². The second-order valence-electron chi connectivity index (χ2n) is 7.94. The molecule has 5 heteroatoms. The molecule has 0 amide bonds. The molecule has 1 aliphatic heterocycles. The minimum absolute atomic E-state index is 0.108. The van der Waals surface area contributed by atoms with Crippen LogP contribution in [0.15, 0.2) is 48.5 Å². The lowest BCUT2D eigenvalue weighted by Crippen LogP contribution is -2.29. The quantitative estimate of drug-likeness (QED) is 0.614. The number of fused-ring (bicyclic) bond motifs is 3. The molecule has 0 saturated heterocycles. The lowest BCUT2D eigenvalue weighted by Gasteiger charge is -2.32. The first-order chi connectivity index (χ1) is 14.9. The highest BCUT2D eigenvalue weighted by molar-refractivity contribution is 5.81. The normalized spacial score (nSPS) is 17.4. The molecule has 0 saturated carbocycles. The van der Waals surface area contributed by atoms with E-state index in [-0.39, 0.29) is 18.8 Å². The number of hydrogen-bond donors (Lipinski definition) is 1. The summed E-state index contributed by atoms with van der Waals surface area (Å²) in [6.45, 7) is 5.90. The highest BCUT2D eigenvalue weighted by atomic mass is 16.6. The van der Waals surface area contributed by atoms with E-state index in [0.717, 1.165) is 39.1 Å². The Labute approximate surface area is 183 Å². The van der Waals surface area contributed by atoms with E-state index in [0.29, 0.717) is 17.2 Å². The van der Waals surface area contributed by atoms with E-state index < -0.39 is 0 Å². The average molecular weight is 421 g/mol. The van der Waals surface area contributed by atoms with Crippen molar-refractivity contribution in [1.29, 1.82) is 0 Å². The van der Waals surface area contributed by atoms with E-state index in [4.69, 9.17) is 18.9 Å². The maximum atomic E-state index is 10.1. The van der Waals surface area contributed by atoms with Crippen LogP contribution in [0.1, 0.15) is 35.3 Å². The molecule has 3 aromatic rings. The van der Waals surface area contributed by atoms with Crippen molar-refractivity contribution >= 4 is 0 Å². The SMILES string of the molecule is COc1ccc(C2Oc3c(OC)cc(C)cc3-c3cc(C)cc(CO)c3OC2C)cc1. The fourth-order valence-electron chi connectivity index (χ4n) is 4.12. The van der Waals surface area contributed by atoms with Gasteiger partial charge in [-0.05, 0) is 67.8 Å². The maximum absolute atomic E-state index is 10.1. The van der Waals surface area contributed by atoms with Crippen LogP contribution in [0.25, 0.3) is 11.1 Å². The van der Waals surface area contributed by atoms with Crippen molar-refractivity contribution in [3.8, 4) is 34.1 Å². The van der Waals surface area contributed by atoms with Crippen LogP contribution in [0.5, 0.6) is 23.0 Å². The maximum Gasteiger partial charge on any atom is 0.170 e. The smallest absolute Gasteiger partial charge is 0.170 e. The summed E-state index contributed by atoms with van der Waals surface area (Å²) in [6.07, 6.45) is -0.707. The van der Waals surface area contributed by atoms with Crippen molar-refractivity contribution in [3.63, 3.8) is 0 Å². The van der Waals surface area contributed by atoms with E-state index in [1.54, 1.807) is 14.2 Å². The van der Waals surface area contributed by atoms with Gasteiger partial charge in [0.15, 0.2) is 17.6 Å². The molecule has 0 aromatic heterocycles. The van der Waals surface area contributed by atoms with E-state index in [2.05, 4.69) is 12.1 Å². The standard InChI is InChI=1S/C26H28O5/c1-15-10-19(14-27)25-21(11-15)22-12-16(2)13-23(29-5)26(22)31-24(17(3)30-25)18-6-8-20(28-4)9-7-18/h6-13,17,24,27H,14H2,1-5H3. The molecule has 0 spiro atoms. The zero-order valence-corrected chi connectivity index (χ0v) is 18.6. The van der Waals surface area contributed by atoms with Crippen molar-refractivity contribution < 1.29 is 24.1 Å². The Balaban J connectivity index is 1.95. The van der Waals surface area contributed by atoms with Crippen LogP contribution in [0.4, 0.5) is 0 Å². The molecule has 1 N–H and O–H groups in total. The van der Waals surface area contributed by atoms with Gasteiger partial charge in [-0.1, -0.05) is 18.2 Å². The number of aryl methyl sites for hydroxylation is 2. The summed E-state index contributed by atoms with van der Waals surface area (Å²) < 4.78 is 24.1. The number of ether oxygens (including phenoxy) is 4. The van der Waals surface area contributed by atoms with Crippen molar-refractivity contribution in [2.45, 2.75) is 39.6 Å². The van der Waals surface area contributed by atoms with Crippen LogP contribution >= 0.6 is 0 Å². The first-order valence-corrected chi connectivity index (χ1v) is 10.4. The third kappa shape index (κ3) is 3.93. The van der Waals surface area contributed by atoms with Crippen LogP contribution in [0, 0.1) is 13.8 Å². The van der Waals surface area contributed by atoms with Crippen molar-refractivity contribution in [1.82, 2.24) is 0 Å². The molecule has 2 atom stereocenters. The minimum Gasteiger partial charge on any atom is -0.497 e. The summed E-state index contributed by atoms with van der Waals surface area (Å²) in [5.74, 6) is 2.79. The van der Waals surface area contributed by atoms with Gasteiger partial charge in [0.25, 0.3) is 0 Å². The number of hydrogen-bond acceptors (Lipinski definition) is 5. The molecule has 0 fully saturated rings. The zero-order valence-electron chi connectivity index (χ0n) is 18.6. The van der Waals surface area contributed by atoms with Crippen LogP contribution in [0.2, 0.25) is 0 Å². The molecular formula is C26H28O5. The van der Waals surface area contributed by atoms with Crippen molar-refractivity contribution in [2.75, 3.05) is 14.2 Å². The summed E-state index contributed by atoms with van der Waals surface area (Å²) in [4.78, 5) is 0. The molecule has 0 aliphatic carbocycles. The molecule has 1 heterocycles. The Morgan fingerprint density at radius 1 is 0.839 bits per heavy atom. The van der Waals surface area contributed by atoms with E-state index >= 15 is 0 Å². The van der Waals surface area contributed by atoms with E-state index in [9.17, 15) is 5.11 Å². The predicted octanol–water partition coefficient (Wildman–Crippen LogP) is 5.38. The second kappa shape index (κ2) is 8.52. The van der Waals surface area contributed by atoms with Crippen LogP contribution in [-0.4, -0.2) is 25.4 Å². The Hall–Kier alpha value is -3.18. The van der Waals surface area contributed by atoms with Gasteiger partial charge in [-0.2, -0.15) is 0 Å². The molecule has 1 aliphatic rings. The highest BCUT2D eigenvalue weighted by Crippen LogP contribution is 2.48. The summed E-state index contributed by atoms with van der Waals surface area (Å²) in [5.41, 5.74) is 5.58. The topological polar surface area (TPSA) is 57.2 Å². The third-order valence-corrected chi connectivity index (χ3v) is 5.61. The Morgan fingerprint density at radius 3 is 2.10 bits per heavy atom. The Morgan fingerprint density at radius 2 is 1.48 bits per heavy atom.